The predicted octanol–water partition coefficient (Wildman–Crippen LogP) is 3.80. The smallest absolute Gasteiger partial charge is 0.307 e. The maximum atomic E-state index is 12.1. The third-order valence-corrected chi connectivity index (χ3v) is 6.65. The second-order valence-electron chi connectivity index (χ2n) is 8.94. The Bertz CT molecular complexity index is 891. The Morgan fingerprint density at radius 3 is 2.76 bits per heavy atom. The number of aliphatic hydroxyl groups excluding tert-OH is 1. The summed E-state index contributed by atoms with van der Waals surface area (Å²) in [7, 11) is 3.07. The van der Waals surface area contributed by atoms with Crippen LogP contribution in [0.15, 0.2) is 30.5 Å². The molecule has 3 rings (SSSR count). The zero-order valence-electron chi connectivity index (χ0n) is 20.3. The fraction of sp³-hybridized carbons (Fsp3) is 0.615. The number of unbranched alkanes of at least 4 members (excludes halogenated alkanes) is 4. The van der Waals surface area contributed by atoms with E-state index in [1.807, 2.05) is 24.3 Å². The van der Waals surface area contributed by atoms with Crippen molar-refractivity contribution in [2.75, 3.05) is 46.9 Å². The molecule has 2 heterocycles. The van der Waals surface area contributed by atoms with E-state index in [1.165, 1.54) is 39.2 Å². The van der Waals surface area contributed by atoms with Crippen molar-refractivity contribution in [1.29, 1.82) is 0 Å². The molecule has 1 fully saturated rings. The van der Waals surface area contributed by atoms with Crippen LogP contribution in [0.2, 0.25) is 0 Å². The fourth-order valence-corrected chi connectivity index (χ4v) is 4.69. The highest BCUT2D eigenvalue weighted by atomic mass is 16.5. The number of methoxy groups -OCH3 is 2. The molecule has 0 bridgehead atoms. The summed E-state index contributed by atoms with van der Waals surface area (Å²) in [6.45, 7) is 6.34. The van der Waals surface area contributed by atoms with Crippen LogP contribution < -0.4 is 4.74 Å². The molecular formula is C26H39N3O4. The lowest BCUT2D eigenvalue weighted by molar-refractivity contribution is -0.143. The van der Waals surface area contributed by atoms with Gasteiger partial charge in [-0.3, -0.25) is 14.7 Å². The maximum absolute atomic E-state index is 12.1. The number of pyridine rings is 1. The van der Waals surface area contributed by atoms with Crippen molar-refractivity contribution in [3.8, 4) is 5.75 Å². The average Bonchev–Trinajstić information content (AvgIpc) is 2.84. The number of esters is 1. The van der Waals surface area contributed by atoms with E-state index < -0.39 is 6.10 Å². The zero-order valence-corrected chi connectivity index (χ0v) is 20.3. The molecule has 0 amide bonds. The Morgan fingerprint density at radius 2 is 2.00 bits per heavy atom. The van der Waals surface area contributed by atoms with Gasteiger partial charge in [-0.25, -0.2) is 0 Å². The normalized spacial score (nSPS) is 18.4. The molecule has 0 unspecified atom stereocenters. The predicted molar refractivity (Wildman–Crippen MR) is 130 cm³/mol. The molecule has 1 saturated heterocycles. The number of hydrogen-bond donors (Lipinski definition) is 1. The molecule has 2 aromatic rings. The monoisotopic (exact) mass is 457 g/mol. The number of aromatic nitrogens is 1. The fourth-order valence-electron chi connectivity index (χ4n) is 4.69. The highest BCUT2D eigenvalue weighted by molar-refractivity contribution is 5.83. The van der Waals surface area contributed by atoms with E-state index in [4.69, 9.17) is 9.47 Å². The Kier molecular flexibility index (Phi) is 9.91. The minimum absolute atomic E-state index is 0.0270. The third kappa shape index (κ3) is 7.13. The summed E-state index contributed by atoms with van der Waals surface area (Å²) in [5.41, 5.74) is 1.65. The van der Waals surface area contributed by atoms with Crippen LogP contribution in [0.3, 0.4) is 0 Å². The Balaban J connectivity index is 1.68. The van der Waals surface area contributed by atoms with E-state index in [-0.39, 0.29) is 12.0 Å². The van der Waals surface area contributed by atoms with E-state index in [0.29, 0.717) is 13.0 Å². The molecule has 0 spiro atoms. The van der Waals surface area contributed by atoms with Crippen molar-refractivity contribution in [3.05, 3.63) is 36.0 Å². The van der Waals surface area contributed by atoms with E-state index in [1.54, 1.807) is 13.3 Å². The highest BCUT2D eigenvalue weighted by Crippen LogP contribution is 2.28. The summed E-state index contributed by atoms with van der Waals surface area (Å²) in [4.78, 5) is 21.2. The molecule has 0 aliphatic carbocycles. The minimum atomic E-state index is -0.691. The van der Waals surface area contributed by atoms with Crippen LogP contribution in [0.25, 0.3) is 10.9 Å². The van der Waals surface area contributed by atoms with Gasteiger partial charge in [-0.2, -0.15) is 0 Å². The van der Waals surface area contributed by atoms with Crippen molar-refractivity contribution in [2.45, 2.75) is 57.6 Å². The number of piperazine rings is 1. The zero-order chi connectivity index (χ0) is 23.6. The van der Waals surface area contributed by atoms with Gasteiger partial charge in [0, 0.05) is 43.8 Å². The molecule has 1 aromatic heterocycles. The second-order valence-corrected chi connectivity index (χ2v) is 8.94. The standard InChI is InChI=1S/C26H39N3O4/c1-4-5-6-7-8-13-28-14-15-29(20(18-28)16-26(31)33-3)19-25(30)22-11-12-27-24-10-9-21(32-2)17-23(22)24/h9-12,17,20,25,30H,4-8,13-16,18-19H2,1-3H3/t20-,25-/m0/s1. The first-order valence-corrected chi connectivity index (χ1v) is 12.2. The number of rotatable bonds is 12. The van der Waals surface area contributed by atoms with Gasteiger partial charge in [0.2, 0.25) is 0 Å². The largest absolute Gasteiger partial charge is 0.497 e. The first-order valence-electron chi connectivity index (χ1n) is 12.2. The van der Waals surface area contributed by atoms with Gasteiger partial charge >= 0.3 is 5.97 Å². The lowest BCUT2D eigenvalue weighted by Gasteiger charge is -2.42. The van der Waals surface area contributed by atoms with Crippen LogP contribution in [0.1, 0.15) is 57.1 Å². The number of ether oxygens (including phenoxy) is 2. The maximum Gasteiger partial charge on any atom is 0.307 e. The van der Waals surface area contributed by atoms with Crippen molar-refractivity contribution >= 4 is 16.9 Å². The van der Waals surface area contributed by atoms with Crippen molar-refractivity contribution in [1.82, 2.24) is 14.8 Å². The average molecular weight is 458 g/mol. The number of hydrogen-bond acceptors (Lipinski definition) is 7. The van der Waals surface area contributed by atoms with E-state index >= 15 is 0 Å². The summed E-state index contributed by atoms with van der Waals surface area (Å²) in [6, 6.07) is 7.60. The van der Waals surface area contributed by atoms with Crippen molar-refractivity contribution in [3.63, 3.8) is 0 Å². The van der Waals surface area contributed by atoms with Gasteiger partial charge < -0.3 is 19.5 Å². The number of benzene rings is 1. The van der Waals surface area contributed by atoms with Crippen molar-refractivity contribution < 1.29 is 19.4 Å². The van der Waals surface area contributed by atoms with Crippen LogP contribution >= 0.6 is 0 Å². The second kappa shape index (κ2) is 12.9. The molecule has 1 N–H and O–H groups in total. The van der Waals surface area contributed by atoms with Gasteiger partial charge in [0.25, 0.3) is 0 Å². The van der Waals surface area contributed by atoms with E-state index in [0.717, 1.165) is 48.4 Å². The SMILES string of the molecule is CCCCCCCN1CCN(C[C@H](O)c2ccnc3ccc(OC)cc23)[C@@H](CC(=O)OC)C1. The molecule has 7 heteroatoms. The molecule has 33 heavy (non-hydrogen) atoms. The number of carbonyl (C=O) groups excluding carboxylic acids is 1. The number of carbonyl (C=O) groups is 1. The summed E-state index contributed by atoms with van der Waals surface area (Å²) < 4.78 is 10.3. The van der Waals surface area contributed by atoms with Crippen LogP contribution in [-0.4, -0.2) is 78.8 Å². The van der Waals surface area contributed by atoms with Gasteiger partial charge in [0.1, 0.15) is 5.75 Å². The number of fused-ring (bicyclic) bond motifs is 1. The Hall–Kier alpha value is -2.22. The van der Waals surface area contributed by atoms with Crippen LogP contribution in [-0.2, 0) is 9.53 Å². The van der Waals surface area contributed by atoms with E-state index in [9.17, 15) is 9.90 Å². The van der Waals surface area contributed by atoms with Crippen LogP contribution in [0.4, 0.5) is 0 Å². The Labute approximate surface area is 197 Å². The first-order chi connectivity index (χ1) is 16.0. The van der Waals surface area contributed by atoms with Gasteiger partial charge in [-0.05, 0) is 42.8 Å². The molecular weight excluding hydrogens is 418 g/mol. The van der Waals surface area contributed by atoms with Gasteiger partial charge in [-0.15, -0.1) is 0 Å². The molecule has 0 saturated carbocycles. The van der Waals surface area contributed by atoms with Gasteiger partial charge in [-0.1, -0.05) is 32.6 Å². The number of aliphatic hydroxyl groups is 1. The molecule has 7 nitrogen and oxygen atoms in total. The van der Waals surface area contributed by atoms with Gasteiger partial charge in [0.15, 0.2) is 0 Å². The van der Waals surface area contributed by atoms with Crippen LogP contribution in [0, 0.1) is 0 Å². The number of β-amino-alcohol motifs (C(OH)–C–C–N with tert-alkyl or cyclic N) is 1. The summed E-state index contributed by atoms with van der Waals surface area (Å²) in [6.07, 6.45) is 7.66. The quantitative estimate of drug-likeness (QED) is 0.384. The summed E-state index contributed by atoms with van der Waals surface area (Å²) >= 11 is 0. The summed E-state index contributed by atoms with van der Waals surface area (Å²) in [5, 5.41) is 12.1. The minimum Gasteiger partial charge on any atom is -0.497 e. The number of nitrogens with zero attached hydrogens (tertiary/aromatic N) is 3. The van der Waals surface area contributed by atoms with Gasteiger partial charge in [0.05, 0.1) is 32.3 Å². The molecule has 1 aromatic carbocycles. The third-order valence-electron chi connectivity index (χ3n) is 6.65. The lowest BCUT2D eigenvalue weighted by atomic mass is 10.0. The molecule has 1 aliphatic heterocycles. The van der Waals surface area contributed by atoms with E-state index in [2.05, 4.69) is 21.7 Å². The molecule has 182 valence electrons. The van der Waals surface area contributed by atoms with Crippen molar-refractivity contribution in [2.24, 2.45) is 0 Å². The highest BCUT2D eigenvalue weighted by Gasteiger charge is 2.30. The molecule has 2 atom stereocenters. The van der Waals surface area contributed by atoms with Crippen LogP contribution in [0.5, 0.6) is 5.75 Å². The first kappa shape index (κ1) is 25.4. The summed E-state index contributed by atoms with van der Waals surface area (Å²) in [5.74, 6) is 0.531. The molecule has 1 aliphatic rings. The Morgan fingerprint density at radius 1 is 1.18 bits per heavy atom. The lowest BCUT2D eigenvalue weighted by Crippen LogP contribution is -2.54. The molecule has 0 radical (unpaired) electrons. The topological polar surface area (TPSA) is 75.1 Å².